The lowest BCUT2D eigenvalue weighted by atomic mass is 10.3. The van der Waals surface area contributed by atoms with Crippen LogP contribution in [0.4, 0.5) is 0 Å². The molecule has 0 rings (SSSR count). The van der Waals surface area contributed by atoms with Gasteiger partial charge in [-0.05, 0) is 12.7 Å². The van der Waals surface area contributed by atoms with Crippen LogP contribution in [0.15, 0.2) is 5.16 Å². The van der Waals surface area contributed by atoms with Gasteiger partial charge in [0.25, 0.3) is 0 Å². The first kappa shape index (κ1) is 13.1. The lowest BCUT2D eigenvalue weighted by Gasteiger charge is -2.12. The lowest BCUT2D eigenvalue weighted by molar-refractivity contribution is -0.120. The van der Waals surface area contributed by atoms with Crippen LogP contribution in [0, 0.1) is 0 Å². The Balaban J connectivity index is 3.71. The molecule has 0 radical (unpaired) electrons. The van der Waals surface area contributed by atoms with Gasteiger partial charge in [-0.3, -0.25) is 4.79 Å². The minimum atomic E-state index is -0.218. The van der Waals surface area contributed by atoms with Crippen molar-refractivity contribution in [2.45, 2.75) is 26.3 Å². The molecule has 1 atom stereocenters. The fourth-order valence-corrected chi connectivity index (χ4v) is 1.53. The molecule has 14 heavy (non-hydrogen) atoms. The average molecular weight is 219 g/mol. The van der Waals surface area contributed by atoms with Crippen molar-refractivity contribution in [3.8, 4) is 0 Å². The van der Waals surface area contributed by atoms with Crippen LogP contribution in [0.5, 0.6) is 0 Å². The van der Waals surface area contributed by atoms with Crippen LogP contribution in [-0.4, -0.2) is 34.5 Å². The zero-order valence-electron chi connectivity index (χ0n) is 8.49. The number of thioether (sulfide) groups is 1. The molecule has 0 heterocycles. The Labute approximate surface area is 88.1 Å². The molecule has 0 bridgehead atoms. The van der Waals surface area contributed by atoms with Crippen LogP contribution >= 0.6 is 11.8 Å². The van der Waals surface area contributed by atoms with Gasteiger partial charge in [0.2, 0.25) is 5.91 Å². The summed E-state index contributed by atoms with van der Waals surface area (Å²) < 4.78 is 0. The smallest absolute Gasteiger partial charge is 0.227 e. The highest BCUT2D eigenvalue weighted by Crippen LogP contribution is 2.01. The summed E-state index contributed by atoms with van der Waals surface area (Å²) in [5.41, 5.74) is 5.18. The van der Waals surface area contributed by atoms with Gasteiger partial charge in [0.05, 0.1) is 6.42 Å². The molecule has 0 aliphatic carbocycles. The Morgan fingerprint density at radius 2 is 2.36 bits per heavy atom. The van der Waals surface area contributed by atoms with Gasteiger partial charge in [-0.15, -0.1) is 0 Å². The predicted octanol–water partition coefficient (Wildman–Crippen LogP) is 0.381. The fraction of sp³-hybridized carbons (Fsp3) is 0.750. The molecule has 6 heteroatoms. The lowest BCUT2D eigenvalue weighted by Crippen LogP contribution is -2.36. The third-order valence-electron chi connectivity index (χ3n) is 1.45. The second-order valence-corrected chi connectivity index (χ2v) is 4.22. The summed E-state index contributed by atoms with van der Waals surface area (Å²) >= 11 is 1.76. The van der Waals surface area contributed by atoms with Gasteiger partial charge in [-0.1, -0.05) is 12.1 Å². The number of hydrogen-bond donors (Lipinski definition) is 3. The molecule has 0 fully saturated rings. The predicted molar refractivity (Wildman–Crippen MR) is 58.6 cm³/mol. The van der Waals surface area contributed by atoms with E-state index in [1.54, 1.807) is 11.8 Å². The Morgan fingerprint density at radius 1 is 1.71 bits per heavy atom. The SMILES string of the molecule is CCSCC(C)NC(=O)CC(N)=NO. The molecule has 0 saturated carbocycles. The van der Waals surface area contributed by atoms with Crippen molar-refractivity contribution >= 4 is 23.5 Å². The van der Waals surface area contributed by atoms with Gasteiger partial charge in [0.15, 0.2) is 0 Å². The zero-order valence-corrected chi connectivity index (χ0v) is 9.30. The van der Waals surface area contributed by atoms with Gasteiger partial charge in [-0.2, -0.15) is 11.8 Å². The zero-order chi connectivity index (χ0) is 11.0. The molecule has 82 valence electrons. The number of nitrogens with zero attached hydrogens (tertiary/aromatic N) is 1. The molecule has 1 unspecified atom stereocenters. The van der Waals surface area contributed by atoms with E-state index in [1.807, 2.05) is 6.92 Å². The van der Waals surface area contributed by atoms with Crippen molar-refractivity contribution in [2.24, 2.45) is 10.9 Å². The molecule has 0 aromatic heterocycles. The molecule has 4 N–H and O–H groups in total. The van der Waals surface area contributed by atoms with E-state index in [2.05, 4.69) is 17.4 Å². The van der Waals surface area contributed by atoms with Crippen LogP contribution in [0.25, 0.3) is 0 Å². The Morgan fingerprint density at radius 3 is 2.86 bits per heavy atom. The summed E-state index contributed by atoms with van der Waals surface area (Å²) in [6, 6.07) is 0.110. The summed E-state index contributed by atoms with van der Waals surface area (Å²) in [6.07, 6.45) is -0.0579. The number of oxime groups is 1. The monoisotopic (exact) mass is 219 g/mol. The van der Waals surface area contributed by atoms with E-state index < -0.39 is 0 Å². The molecule has 5 nitrogen and oxygen atoms in total. The molecular weight excluding hydrogens is 202 g/mol. The Kier molecular flexibility index (Phi) is 7.00. The molecule has 0 spiro atoms. The van der Waals surface area contributed by atoms with Crippen LogP contribution in [0.2, 0.25) is 0 Å². The number of amidine groups is 1. The first-order valence-corrected chi connectivity index (χ1v) is 5.59. The molecule has 0 aromatic rings. The van der Waals surface area contributed by atoms with Gasteiger partial charge in [-0.25, -0.2) is 0 Å². The van der Waals surface area contributed by atoms with E-state index in [-0.39, 0.29) is 24.2 Å². The van der Waals surface area contributed by atoms with Crippen molar-refractivity contribution in [1.82, 2.24) is 5.32 Å². The second-order valence-electron chi connectivity index (χ2n) is 2.90. The van der Waals surface area contributed by atoms with Crippen molar-refractivity contribution in [1.29, 1.82) is 0 Å². The van der Waals surface area contributed by atoms with E-state index in [9.17, 15) is 4.79 Å². The summed E-state index contributed by atoms with van der Waals surface area (Å²) in [6.45, 7) is 3.99. The number of hydrogen-bond acceptors (Lipinski definition) is 4. The molecule has 0 aliphatic heterocycles. The fourth-order valence-electron chi connectivity index (χ4n) is 0.862. The standard InChI is InChI=1S/C8H17N3O2S/c1-3-14-5-6(2)10-8(12)4-7(9)11-13/h6,13H,3-5H2,1-2H3,(H2,9,11)(H,10,12). The van der Waals surface area contributed by atoms with Gasteiger partial charge >= 0.3 is 0 Å². The maximum absolute atomic E-state index is 11.2. The highest BCUT2D eigenvalue weighted by atomic mass is 32.2. The van der Waals surface area contributed by atoms with E-state index >= 15 is 0 Å². The summed E-state index contributed by atoms with van der Waals surface area (Å²) in [5, 5.41) is 13.7. The van der Waals surface area contributed by atoms with Gasteiger partial charge < -0.3 is 16.3 Å². The number of carbonyl (C=O) groups is 1. The minimum absolute atomic E-state index is 0.0579. The van der Waals surface area contributed by atoms with Crippen LogP contribution in [-0.2, 0) is 4.79 Å². The second kappa shape index (κ2) is 7.49. The van der Waals surface area contributed by atoms with Crippen molar-refractivity contribution in [3.05, 3.63) is 0 Å². The van der Waals surface area contributed by atoms with Crippen molar-refractivity contribution in [2.75, 3.05) is 11.5 Å². The Bertz CT molecular complexity index is 209. The molecule has 0 saturated heterocycles. The number of nitrogens with two attached hydrogens (primary N) is 1. The largest absolute Gasteiger partial charge is 0.409 e. The third-order valence-corrected chi connectivity index (χ3v) is 2.59. The average Bonchev–Trinajstić information content (AvgIpc) is 2.14. The number of rotatable bonds is 6. The number of carbonyl (C=O) groups excluding carboxylic acids is 1. The van der Waals surface area contributed by atoms with Gasteiger partial charge in [0, 0.05) is 11.8 Å². The summed E-state index contributed by atoms with van der Waals surface area (Å²) in [7, 11) is 0. The van der Waals surface area contributed by atoms with E-state index in [4.69, 9.17) is 10.9 Å². The summed E-state index contributed by atoms with van der Waals surface area (Å²) in [5.74, 6) is 1.61. The molecule has 0 aromatic carbocycles. The highest BCUT2D eigenvalue weighted by molar-refractivity contribution is 7.99. The number of nitrogens with one attached hydrogen (secondary N) is 1. The van der Waals surface area contributed by atoms with Crippen LogP contribution in [0.1, 0.15) is 20.3 Å². The van der Waals surface area contributed by atoms with Crippen LogP contribution < -0.4 is 11.1 Å². The topological polar surface area (TPSA) is 87.7 Å². The van der Waals surface area contributed by atoms with E-state index in [0.717, 1.165) is 11.5 Å². The Hall–Kier alpha value is -0.910. The third kappa shape index (κ3) is 6.59. The first-order chi connectivity index (χ1) is 6.60. The van der Waals surface area contributed by atoms with Crippen molar-refractivity contribution in [3.63, 3.8) is 0 Å². The van der Waals surface area contributed by atoms with Crippen molar-refractivity contribution < 1.29 is 10.0 Å². The minimum Gasteiger partial charge on any atom is -0.409 e. The first-order valence-electron chi connectivity index (χ1n) is 4.43. The van der Waals surface area contributed by atoms with Gasteiger partial charge in [0.1, 0.15) is 5.84 Å². The maximum Gasteiger partial charge on any atom is 0.227 e. The van der Waals surface area contributed by atoms with E-state index in [1.165, 1.54) is 0 Å². The summed E-state index contributed by atoms with van der Waals surface area (Å²) in [4.78, 5) is 11.2. The highest BCUT2D eigenvalue weighted by Gasteiger charge is 2.08. The molecular formula is C8H17N3O2S. The normalized spacial score (nSPS) is 13.7. The molecule has 0 aliphatic rings. The van der Waals surface area contributed by atoms with E-state index in [0.29, 0.717) is 0 Å². The van der Waals surface area contributed by atoms with Crippen LogP contribution in [0.3, 0.4) is 0 Å². The molecule has 1 amide bonds. The quantitative estimate of drug-likeness (QED) is 0.261. The number of amides is 1. The maximum atomic E-state index is 11.2.